The Morgan fingerprint density at radius 3 is 2.71 bits per heavy atom. The highest BCUT2D eigenvalue weighted by molar-refractivity contribution is 7.98. The van der Waals surface area contributed by atoms with Crippen molar-refractivity contribution in [3.8, 4) is 0 Å². The van der Waals surface area contributed by atoms with Gasteiger partial charge in [-0.2, -0.15) is 11.8 Å². The number of ether oxygens (including phenoxy) is 1. The van der Waals surface area contributed by atoms with Crippen molar-refractivity contribution in [2.45, 2.75) is 31.6 Å². The second kappa shape index (κ2) is 3.99. The van der Waals surface area contributed by atoms with Gasteiger partial charge >= 0.3 is 0 Å². The summed E-state index contributed by atoms with van der Waals surface area (Å²) in [7, 11) is 0. The minimum atomic E-state index is 0.158. The maximum Gasteiger partial charge on any atom is 0.114 e. The van der Waals surface area contributed by atoms with E-state index in [1.165, 1.54) is 0 Å². The van der Waals surface area contributed by atoms with Crippen molar-refractivity contribution in [2.24, 2.45) is 0 Å². The highest BCUT2D eigenvalue weighted by Gasteiger charge is 2.38. The van der Waals surface area contributed by atoms with Crippen LogP contribution >= 0.6 is 11.8 Å². The molecule has 1 fully saturated rings. The number of rotatable bonds is 5. The molecule has 14 heavy (non-hydrogen) atoms. The van der Waals surface area contributed by atoms with Crippen LogP contribution in [-0.2, 0) is 16.9 Å². The van der Waals surface area contributed by atoms with Gasteiger partial charge in [-0.15, -0.1) is 0 Å². The van der Waals surface area contributed by atoms with E-state index in [0.29, 0.717) is 0 Å². The summed E-state index contributed by atoms with van der Waals surface area (Å²) in [6.45, 7) is 5.17. The third-order valence-corrected chi connectivity index (χ3v) is 3.66. The van der Waals surface area contributed by atoms with Gasteiger partial charge in [-0.05, 0) is 19.1 Å². The molecular formula is C11H16O2S. The van der Waals surface area contributed by atoms with Gasteiger partial charge < -0.3 is 9.15 Å². The molecule has 3 heteroatoms. The quantitative estimate of drug-likeness (QED) is 0.702. The molecule has 1 aromatic heterocycles. The number of hydrogen-bond acceptors (Lipinski definition) is 3. The van der Waals surface area contributed by atoms with Crippen LogP contribution in [0.1, 0.15) is 25.4 Å². The maximum absolute atomic E-state index is 5.61. The predicted molar refractivity (Wildman–Crippen MR) is 58.6 cm³/mol. The molecule has 0 aromatic carbocycles. The van der Waals surface area contributed by atoms with Crippen molar-refractivity contribution < 1.29 is 9.15 Å². The van der Waals surface area contributed by atoms with E-state index in [0.717, 1.165) is 36.1 Å². The number of epoxide rings is 1. The van der Waals surface area contributed by atoms with Gasteiger partial charge in [-0.1, -0.05) is 6.92 Å². The molecule has 0 aliphatic carbocycles. The summed E-state index contributed by atoms with van der Waals surface area (Å²) >= 11 is 1.88. The lowest BCUT2D eigenvalue weighted by molar-refractivity contribution is 0.348. The van der Waals surface area contributed by atoms with E-state index >= 15 is 0 Å². The normalized spacial score (nSPS) is 25.3. The predicted octanol–water partition coefficient (Wildman–Crippen LogP) is 2.86. The second-order valence-corrected chi connectivity index (χ2v) is 4.94. The van der Waals surface area contributed by atoms with E-state index in [2.05, 4.69) is 26.0 Å². The van der Waals surface area contributed by atoms with E-state index in [-0.39, 0.29) is 5.60 Å². The van der Waals surface area contributed by atoms with E-state index < -0.39 is 0 Å². The fourth-order valence-electron chi connectivity index (χ4n) is 1.26. The fraction of sp³-hybridized carbons (Fsp3) is 0.636. The molecule has 0 spiro atoms. The molecule has 1 saturated heterocycles. The van der Waals surface area contributed by atoms with Crippen LogP contribution in [0.3, 0.4) is 0 Å². The first kappa shape index (κ1) is 10.1. The molecule has 0 amide bonds. The van der Waals surface area contributed by atoms with E-state index in [1.54, 1.807) is 0 Å². The van der Waals surface area contributed by atoms with Crippen molar-refractivity contribution >= 4 is 11.8 Å². The number of furan rings is 1. The first-order valence-electron chi connectivity index (χ1n) is 5.01. The molecule has 0 radical (unpaired) electrons. The zero-order valence-electron chi connectivity index (χ0n) is 8.71. The summed E-state index contributed by atoms with van der Waals surface area (Å²) < 4.78 is 10.9. The van der Waals surface area contributed by atoms with E-state index in [1.807, 2.05) is 11.8 Å². The Morgan fingerprint density at radius 2 is 2.14 bits per heavy atom. The molecule has 0 N–H and O–H groups in total. The third-order valence-electron chi connectivity index (χ3n) is 2.35. The first-order chi connectivity index (χ1) is 6.72. The molecule has 1 aliphatic rings. The van der Waals surface area contributed by atoms with Gasteiger partial charge in [-0.3, -0.25) is 0 Å². The van der Waals surface area contributed by atoms with Crippen LogP contribution in [0.15, 0.2) is 16.5 Å². The summed E-state index contributed by atoms with van der Waals surface area (Å²) in [6, 6.07) is 4.13. The summed E-state index contributed by atoms with van der Waals surface area (Å²) in [5.41, 5.74) is 0.158. The standard InChI is InChI=1S/C11H16O2S/c1-3-9-4-5-10(13-9)6-14-8-11(2)7-12-11/h4-5H,3,6-8H2,1-2H3. The minimum absolute atomic E-state index is 0.158. The Balaban J connectivity index is 1.74. The Morgan fingerprint density at radius 1 is 1.43 bits per heavy atom. The average Bonchev–Trinajstić information content (AvgIpc) is 2.75. The molecule has 78 valence electrons. The van der Waals surface area contributed by atoms with Crippen LogP contribution in [0.25, 0.3) is 0 Å². The van der Waals surface area contributed by atoms with Crippen molar-refractivity contribution in [3.05, 3.63) is 23.7 Å². The van der Waals surface area contributed by atoms with Crippen LogP contribution in [0, 0.1) is 0 Å². The van der Waals surface area contributed by atoms with Crippen LogP contribution < -0.4 is 0 Å². The summed E-state index contributed by atoms with van der Waals surface area (Å²) in [4.78, 5) is 0. The fourth-order valence-corrected chi connectivity index (χ4v) is 2.32. The molecule has 2 heterocycles. The monoisotopic (exact) mass is 212 g/mol. The van der Waals surface area contributed by atoms with E-state index in [4.69, 9.17) is 9.15 Å². The van der Waals surface area contributed by atoms with Crippen molar-refractivity contribution in [2.75, 3.05) is 12.4 Å². The lowest BCUT2D eigenvalue weighted by Gasteiger charge is -2.02. The van der Waals surface area contributed by atoms with Gasteiger partial charge in [0.1, 0.15) is 11.5 Å². The first-order valence-corrected chi connectivity index (χ1v) is 6.17. The van der Waals surface area contributed by atoms with E-state index in [9.17, 15) is 0 Å². The molecule has 1 aliphatic heterocycles. The largest absolute Gasteiger partial charge is 0.465 e. The summed E-state index contributed by atoms with van der Waals surface area (Å²) in [5.74, 6) is 4.18. The lowest BCUT2D eigenvalue weighted by Crippen LogP contribution is -2.07. The maximum atomic E-state index is 5.61. The van der Waals surface area contributed by atoms with Crippen LogP contribution in [0.2, 0.25) is 0 Å². The van der Waals surface area contributed by atoms with Crippen molar-refractivity contribution in [1.29, 1.82) is 0 Å². The Labute approximate surface area is 89.0 Å². The molecule has 0 bridgehead atoms. The van der Waals surface area contributed by atoms with Gasteiger partial charge in [0.25, 0.3) is 0 Å². The average molecular weight is 212 g/mol. The van der Waals surface area contributed by atoms with Crippen LogP contribution in [0.4, 0.5) is 0 Å². The zero-order valence-corrected chi connectivity index (χ0v) is 9.52. The Bertz CT molecular complexity index is 302. The topological polar surface area (TPSA) is 25.7 Å². The SMILES string of the molecule is CCc1ccc(CSCC2(C)CO2)o1. The van der Waals surface area contributed by atoms with Crippen molar-refractivity contribution in [1.82, 2.24) is 0 Å². The van der Waals surface area contributed by atoms with Crippen molar-refractivity contribution in [3.63, 3.8) is 0 Å². The number of hydrogen-bond donors (Lipinski definition) is 0. The highest BCUT2D eigenvalue weighted by atomic mass is 32.2. The third kappa shape index (κ3) is 2.55. The summed E-state index contributed by atoms with van der Waals surface area (Å²) in [6.07, 6.45) is 0.978. The van der Waals surface area contributed by atoms with Gasteiger partial charge in [0.2, 0.25) is 0 Å². The van der Waals surface area contributed by atoms with Crippen LogP contribution in [0.5, 0.6) is 0 Å². The van der Waals surface area contributed by atoms with Gasteiger partial charge in [-0.25, -0.2) is 0 Å². The molecule has 0 saturated carbocycles. The van der Waals surface area contributed by atoms with Gasteiger partial charge in [0, 0.05) is 12.2 Å². The number of aryl methyl sites for hydroxylation is 1. The zero-order chi connectivity index (χ0) is 10.0. The molecule has 2 rings (SSSR count). The Hall–Kier alpha value is -0.410. The lowest BCUT2D eigenvalue weighted by atomic mass is 10.3. The number of thioether (sulfide) groups is 1. The molecule has 2 nitrogen and oxygen atoms in total. The van der Waals surface area contributed by atoms with Gasteiger partial charge in [0.15, 0.2) is 0 Å². The second-order valence-electron chi connectivity index (χ2n) is 3.95. The molecule has 1 aromatic rings. The van der Waals surface area contributed by atoms with Crippen LogP contribution in [-0.4, -0.2) is 18.0 Å². The molecule has 1 atom stereocenters. The minimum Gasteiger partial charge on any atom is -0.465 e. The smallest absolute Gasteiger partial charge is 0.114 e. The van der Waals surface area contributed by atoms with Gasteiger partial charge in [0.05, 0.1) is 18.0 Å². The highest BCUT2D eigenvalue weighted by Crippen LogP contribution is 2.31. The summed E-state index contributed by atoms with van der Waals surface area (Å²) in [5, 5.41) is 0. The Kier molecular flexibility index (Phi) is 2.88. The molecular weight excluding hydrogens is 196 g/mol. The molecule has 1 unspecified atom stereocenters.